The van der Waals surface area contributed by atoms with E-state index < -0.39 is 11.7 Å². The molecule has 1 N–H and O–H groups in total. The summed E-state index contributed by atoms with van der Waals surface area (Å²) in [7, 11) is 0. The Kier molecular flexibility index (Phi) is 7.34. The van der Waals surface area contributed by atoms with Gasteiger partial charge in [-0.3, -0.25) is 0 Å². The van der Waals surface area contributed by atoms with Crippen molar-refractivity contribution < 1.29 is 14.3 Å². The van der Waals surface area contributed by atoms with Gasteiger partial charge < -0.3 is 14.8 Å². The van der Waals surface area contributed by atoms with Crippen molar-refractivity contribution in [2.24, 2.45) is 0 Å². The van der Waals surface area contributed by atoms with Crippen molar-refractivity contribution in [1.82, 2.24) is 5.32 Å². The van der Waals surface area contributed by atoms with Crippen molar-refractivity contribution in [2.45, 2.75) is 39.4 Å². The molecule has 21 heavy (non-hydrogen) atoms. The highest BCUT2D eigenvalue weighted by atomic mass is 16.6. The topological polar surface area (TPSA) is 47.6 Å². The molecule has 1 rings (SSSR count). The summed E-state index contributed by atoms with van der Waals surface area (Å²) < 4.78 is 10.6. The van der Waals surface area contributed by atoms with E-state index in [1.54, 1.807) is 0 Å². The lowest BCUT2D eigenvalue weighted by atomic mass is 10.2. The van der Waals surface area contributed by atoms with Crippen LogP contribution in [0.3, 0.4) is 0 Å². The number of nitrogens with one attached hydrogen (secondary N) is 1. The molecular formula is C17H23NO3. The van der Waals surface area contributed by atoms with Crippen LogP contribution in [0.4, 0.5) is 4.79 Å². The normalized spacial score (nSPS) is 10.4. The van der Waals surface area contributed by atoms with Crippen molar-refractivity contribution >= 4 is 6.09 Å². The van der Waals surface area contributed by atoms with Crippen LogP contribution in [0.1, 0.15) is 32.8 Å². The van der Waals surface area contributed by atoms with E-state index in [1.807, 2.05) is 51.1 Å². The lowest BCUT2D eigenvalue weighted by Gasteiger charge is -2.18. The van der Waals surface area contributed by atoms with Crippen LogP contribution in [0.15, 0.2) is 30.3 Å². The SMILES string of the molecule is CC(C)(C)OC(=O)NCC#CCCOCc1ccccc1. The minimum atomic E-state index is -0.483. The average Bonchev–Trinajstić information content (AvgIpc) is 2.41. The molecule has 0 aliphatic heterocycles. The first-order chi connectivity index (χ1) is 9.97. The van der Waals surface area contributed by atoms with Crippen LogP contribution in [0.2, 0.25) is 0 Å². The van der Waals surface area contributed by atoms with E-state index in [-0.39, 0.29) is 6.54 Å². The van der Waals surface area contributed by atoms with Crippen molar-refractivity contribution in [3.8, 4) is 11.8 Å². The molecule has 0 saturated carbocycles. The van der Waals surface area contributed by atoms with Crippen LogP contribution in [0.5, 0.6) is 0 Å². The minimum Gasteiger partial charge on any atom is -0.444 e. The van der Waals surface area contributed by atoms with Crippen LogP contribution < -0.4 is 5.32 Å². The predicted octanol–water partition coefficient (Wildman–Crippen LogP) is 3.12. The Morgan fingerprint density at radius 2 is 1.90 bits per heavy atom. The summed E-state index contributed by atoms with van der Waals surface area (Å²) >= 11 is 0. The van der Waals surface area contributed by atoms with Crippen molar-refractivity contribution in [2.75, 3.05) is 13.2 Å². The Bertz CT molecular complexity index is 480. The second-order valence-electron chi connectivity index (χ2n) is 5.50. The number of alkyl carbamates (subject to hydrolysis) is 1. The number of rotatable bonds is 5. The monoisotopic (exact) mass is 289 g/mol. The summed E-state index contributed by atoms with van der Waals surface area (Å²) in [5.74, 6) is 5.80. The van der Waals surface area contributed by atoms with Gasteiger partial charge >= 0.3 is 6.09 Å². The standard InChI is InChI=1S/C17H23NO3/c1-17(2,3)21-16(19)18-12-8-5-9-13-20-14-15-10-6-4-7-11-15/h4,6-7,10-11H,9,12-14H2,1-3H3,(H,18,19). The second kappa shape index (κ2) is 9.04. The van der Waals surface area contributed by atoms with E-state index in [2.05, 4.69) is 17.2 Å². The number of hydrogen-bond donors (Lipinski definition) is 1. The second-order valence-corrected chi connectivity index (χ2v) is 5.50. The minimum absolute atomic E-state index is 0.285. The highest BCUT2D eigenvalue weighted by molar-refractivity contribution is 5.67. The third-order valence-corrected chi connectivity index (χ3v) is 2.33. The fraction of sp³-hybridized carbons (Fsp3) is 0.471. The summed E-state index contributed by atoms with van der Waals surface area (Å²) in [6.45, 7) is 6.92. The van der Waals surface area contributed by atoms with E-state index >= 15 is 0 Å². The largest absolute Gasteiger partial charge is 0.444 e. The molecule has 0 saturated heterocycles. The van der Waals surface area contributed by atoms with Crippen molar-refractivity contribution in [3.05, 3.63) is 35.9 Å². The zero-order chi connectivity index (χ0) is 15.6. The Hall–Kier alpha value is -1.99. The van der Waals surface area contributed by atoms with Crippen LogP contribution >= 0.6 is 0 Å². The molecular weight excluding hydrogens is 266 g/mol. The zero-order valence-electron chi connectivity index (χ0n) is 12.9. The third-order valence-electron chi connectivity index (χ3n) is 2.33. The first-order valence-corrected chi connectivity index (χ1v) is 7.01. The maximum absolute atomic E-state index is 11.3. The summed E-state index contributed by atoms with van der Waals surface area (Å²) in [6.07, 6.45) is 0.195. The lowest BCUT2D eigenvalue weighted by Crippen LogP contribution is -2.32. The van der Waals surface area contributed by atoms with Gasteiger partial charge in [0.2, 0.25) is 0 Å². The van der Waals surface area contributed by atoms with E-state index in [1.165, 1.54) is 0 Å². The van der Waals surface area contributed by atoms with Crippen molar-refractivity contribution in [1.29, 1.82) is 0 Å². The number of ether oxygens (including phenoxy) is 2. The molecule has 4 nitrogen and oxygen atoms in total. The molecule has 1 aromatic rings. The third kappa shape index (κ3) is 9.53. The summed E-state index contributed by atoms with van der Waals surface area (Å²) in [6, 6.07) is 10.0. The average molecular weight is 289 g/mol. The van der Waals surface area contributed by atoms with Gasteiger partial charge in [0.15, 0.2) is 0 Å². The zero-order valence-corrected chi connectivity index (χ0v) is 12.9. The Labute approximate surface area is 126 Å². The van der Waals surface area contributed by atoms with Crippen LogP contribution in [0, 0.1) is 11.8 Å². The van der Waals surface area contributed by atoms with E-state index in [9.17, 15) is 4.79 Å². The van der Waals surface area contributed by atoms with E-state index in [0.29, 0.717) is 19.6 Å². The molecule has 0 radical (unpaired) electrons. The van der Waals surface area contributed by atoms with Gasteiger partial charge in [0, 0.05) is 6.42 Å². The van der Waals surface area contributed by atoms with E-state index in [4.69, 9.17) is 9.47 Å². The maximum atomic E-state index is 11.3. The Balaban J connectivity index is 2.05. The lowest BCUT2D eigenvalue weighted by molar-refractivity contribution is 0.0535. The van der Waals surface area contributed by atoms with Gasteiger partial charge in [0.05, 0.1) is 19.8 Å². The van der Waals surface area contributed by atoms with Gasteiger partial charge in [0.25, 0.3) is 0 Å². The molecule has 4 heteroatoms. The molecule has 0 bridgehead atoms. The number of carbonyl (C=O) groups is 1. The molecule has 114 valence electrons. The molecule has 0 aliphatic rings. The molecule has 0 heterocycles. The number of amides is 1. The first-order valence-electron chi connectivity index (χ1n) is 7.01. The van der Waals surface area contributed by atoms with Gasteiger partial charge in [-0.05, 0) is 26.3 Å². The smallest absolute Gasteiger partial charge is 0.408 e. The molecule has 1 amide bonds. The van der Waals surface area contributed by atoms with Gasteiger partial charge in [-0.15, -0.1) is 0 Å². The van der Waals surface area contributed by atoms with Gasteiger partial charge in [-0.25, -0.2) is 4.79 Å². The molecule has 0 unspecified atom stereocenters. The number of hydrogen-bond acceptors (Lipinski definition) is 3. The highest BCUT2D eigenvalue weighted by Gasteiger charge is 2.14. The summed E-state index contributed by atoms with van der Waals surface area (Å²) in [4.78, 5) is 11.3. The maximum Gasteiger partial charge on any atom is 0.408 e. The molecule has 0 aliphatic carbocycles. The Morgan fingerprint density at radius 1 is 1.19 bits per heavy atom. The fourth-order valence-corrected chi connectivity index (χ4v) is 1.47. The summed E-state index contributed by atoms with van der Waals surface area (Å²) in [5, 5.41) is 2.58. The summed E-state index contributed by atoms with van der Waals surface area (Å²) in [5.41, 5.74) is 0.667. The van der Waals surface area contributed by atoms with Crippen LogP contribution in [-0.2, 0) is 16.1 Å². The molecule has 0 fully saturated rings. The van der Waals surface area contributed by atoms with E-state index in [0.717, 1.165) is 5.56 Å². The molecule has 1 aromatic carbocycles. The van der Waals surface area contributed by atoms with Crippen molar-refractivity contribution in [3.63, 3.8) is 0 Å². The number of carbonyl (C=O) groups excluding carboxylic acids is 1. The van der Waals surface area contributed by atoms with Crippen LogP contribution in [-0.4, -0.2) is 24.8 Å². The quantitative estimate of drug-likeness (QED) is 0.669. The molecule has 0 aromatic heterocycles. The fourth-order valence-electron chi connectivity index (χ4n) is 1.47. The first kappa shape index (κ1) is 17.1. The van der Waals surface area contributed by atoms with Crippen LogP contribution in [0.25, 0.3) is 0 Å². The Morgan fingerprint density at radius 3 is 2.57 bits per heavy atom. The molecule has 0 spiro atoms. The van der Waals surface area contributed by atoms with Gasteiger partial charge in [-0.1, -0.05) is 42.2 Å². The predicted molar refractivity (Wildman–Crippen MR) is 82.7 cm³/mol. The number of benzene rings is 1. The molecule has 0 atom stereocenters. The van der Waals surface area contributed by atoms with Gasteiger partial charge in [-0.2, -0.15) is 0 Å². The highest BCUT2D eigenvalue weighted by Crippen LogP contribution is 2.06. The van der Waals surface area contributed by atoms with Gasteiger partial charge in [0.1, 0.15) is 5.60 Å².